The summed E-state index contributed by atoms with van der Waals surface area (Å²) in [6.45, 7) is 0.471. The van der Waals surface area contributed by atoms with E-state index >= 15 is 0 Å². The molecule has 36 heavy (non-hydrogen) atoms. The normalized spacial score (nSPS) is 15.6. The summed E-state index contributed by atoms with van der Waals surface area (Å²) in [6.07, 6.45) is 1.34. The Balaban J connectivity index is 1.71. The lowest BCUT2D eigenvalue weighted by Gasteiger charge is -2.30. The van der Waals surface area contributed by atoms with Gasteiger partial charge in [0.05, 0.1) is 42.5 Å². The minimum Gasteiger partial charge on any atom is -0.486 e. The molecule has 1 N–H and O–H groups in total. The highest BCUT2D eigenvalue weighted by atomic mass is 35.5. The Morgan fingerprint density at radius 1 is 1.17 bits per heavy atom. The van der Waals surface area contributed by atoms with Gasteiger partial charge in [-0.1, -0.05) is 17.7 Å². The molecule has 0 spiro atoms. The molecule has 4 aromatic rings. The van der Waals surface area contributed by atoms with E-state index in [9.17, 15) is 18.3 Å². The molecule has 1 atom stereocenters. The molecule has 0 unspecified atom stereocenters. The fourth-order valence-electron chi connectivity index (χ4n) is 4.14. The van der Waals surface area contributed by atoms with Crippen LogP contribution in [0.1, 0.15) is 35.4 Å². The molecule has 188 valence electrons. The van der Waals surface area contributed by atoms with E-state index in [0.717, 1.165) is 25.1 Å². The number of aromatic nitrogens is 4. The van der Waals surface area contributed by atoms with Crippen molar-refractivity contribution in [2.24, 2.45) is 13.0 Å². The number of pyridine rings is 2. The number of benzene rings is 1. The minimum absolute atomic E-state index is 0.0319. The van der Waals surface area contributed by atoms with E-state index in [2.05, 4.69) is 15.0 Å². The third kappa shape index (κ3) is 4.24. The molecule has 1 fully saturated rings. The maximum Gasteiger partial charge on any atom is 0.433 e. The molecule has 3 aromatic heterocycles. The molecule has 5 rings (SSSR count). The third-order valence-electron chi connectivity index (χ3n) is 6.28. The zero-order valence-electron chi connectivity index (χ0n) is 19.4. The first kappa shape index (κ1) is 24.3. The molecular formula is C25H22ClF3N4O3. The van der Waals surface area contributed by atoms with Crippen LogP contribution in [-0.2, 0) is 18.8 Å². The number of aryl methyl sites for hydroxylation is 1. The summed E-state index contributed by atoms with van der Waals surface area (Å²) in [4.78, 5) is 12.0. The smallest absolute Gasteiger partial charge is 0.433 e. The predicted octanol–water partition coefficient (Wildman–Crippen LogP) is 5.12. The Morgan fingerprint density at radius 2 is 1.92 bits per heavy atom. The molecule has 1 aliphatic carbocycles. The first-order chi connectivity index (χ1) is 17.1. The first-order valence-corrected chi connectivity index (χ1v) is 11.5. The number of methoxy groups -OCH3 is 1. The second-order valence-corrected chi connectivity index (χ2v) is 9.16. The molecule has 0 aliphatic heterocycles. The second-order valence-electron chi connectivity index (χ2n) is 8.78. The van der Waals surface area contributed by atoms with E-state index in [-0.39, 0.29) is 33.5 Å². The van der Waals surface area contributed by atoms with Gasteiger partial charge in [0.25, 0.3) is 5.88 Å². The molecule has 0 saturated heterocycles. The maximum absolute atomic E-state index is 13.5. The van der Waals surface area contributed by atoms with Crippen molar-refractivity contribution in [2.75, 3.05) is 13.7 Å². The SMILES string of the molecule is COc1nc2ccc([C@@](O)(c3ccnc(C(F)(F)F)c3)c3cncn3C)cc2c(Cl)c1OCC1CC1. The fraction of sp³-hybridized carbons (Fsp3) is 0.320. The van der Waals surface area contributed by atoms with E-state index in [0.29, 0.717) is 23.4 Å². The summed E-state index contributed by atoms with van der Waals surface area (Å²) < 4.78 is 53.3. The van der Waals surface area contributed by atoms with Gasteiger partial charge in [-0.25, -0.2) is 9.97 Å². The Morgan fingerprint density at radius 3 is 2.56 bits per heavy atom. The number of nitrogens with zero attached hydrogens (tertiary/aromatic N) is 4. The van der Waals surface area contributed by atoms with Crippen LogP contribution in [0.2, 0.25) is 5.02 Å². The van der Waals surface area contributed by atoms with Gasteiger partial charge in [-0.15, -0.1) is 0 Å². The Labute approximate surface area is 209 Å². The topological polar surface area (TPSA) is 82.3 Å². The lowest BCUT2D eigenvalue weighted by molar-refractivity contribution is -0.141. The van der Waals surface area contributed by atoms with Crippen LogP contribution in [0.5, 0.6) is 11.6 Å². The van der Waals surface area contributed by atoms with Crippen LogP contribution in [0.3, 0.4) is 0 Å². The molecule has 1 aromatic carbocycles. The maximum atomic E-state index is 13.5. The summed E-state index contributed by atoms with van der Waals surface area (Å²) in [7, 11) is 3.11. The van der Waals surface area contributed by atoms with Gasteiger partial charge in [-0.3, -0.25) is 4.98 Å². The van der Waals surface area contributed by atoms with Gasteiger partial charge in [0.2, 0.25) is 5.75 Å². The van der Waals surface area contributed by atoms with Crippen LogP contribution in [0.4, 0.5) is 13.2 Å². The molecular weight excluding hydrogens is 497 g/mol. The third-order valence-corrected chi connectivity index (χ3v) is 6.65. The van der Waals surface area contributed by atoms with Crippen molar-refractivity contribution in [3.8, 4) is 11.6 Å². The van der Waals surface area contributed by atoms with E-state index in [1.165, 1.54) is 30.3 Å². The predicted molar refractivity (Wildman–Crippen MR) is 126 cm³/mol. The highest BCUT2D eigenvalue weighted by Gasteiger charge is 2.40. The largest absolute Gasteiger partial charge is 0.486 e. The molecule has 1 saturated carbocycles. The molecule has 11 heteroatoms. The molecule has 0 radical (unpaired) electrons. The van der Waals surface area contributed by atoms with Crippen LogP contribution in [0, 0.1) is 5.92 Å². The van der Waals surface area contributed by atoms with Crippen molar-refractivity contribution in [3.63, 3.8) is 0 Å². The Kier molecular flexibility index (Phi) is 6.04. The fourth-order valence-corrected chi connectivity index (χ4v) is 4.43. The van der Waals surface area contributed by atoms with Crippen molar-refractivity contribution < 1.29 is 27.8 Å². The Bertz CT molecular complexity index is 1440. The van der Waals surface area contributed by atoms with Crippen LogP contribution >= 0.6 is 11.6 Å². The van der Waals surface area contributed by atoms with Gasteiger partial charge < -0.3 is 19.1 Å². The van der Waals surface area contributed by atoms with E-state index in [4.69, 9.17) is 21.1 Å². The van der Waals surface area contributed by atoms with Crippen molar-refractivity contribution in [2.45, 2.75) is 24.6 Å². The summed E-state index contributed by atoms with van der Waals surface area (Å²) >= 11 is 6.74. The first-order valence-electron chi connectivity index (χ1n) is 11.2. The van der Waals surface area contributed by atoms with Gasteiger partial charge >= 0.3 is 6.18 Å². The molecule has 0 amide bonds. The molecule has 1 aliphatic rings. The van der Waals surface area contributed by atoms with Gasteiger partial charge in [-0.05, 0) is 54.2 Å². The zero-order valence-corrected chi connectivity index (χ0v) is 20.1. The number of hydrogen-bond acceptors (Lipinski definition) is 6. The van der Waals surface area contributed by atoms with Crippen LogP contribution in [-0.4, -0.2) is 38.3 Å². The van der Waals surface area contributed by atoms with Crippen molar-refractivity contribution in [1.82, 2.24) is 19.5 Å². The number of halogens is 4. The molecule has 0 bridgehead atoms. The van der Waals surface area contributed by atoms with Gasteiger partial charge in [0.15, 0.2) is 5.60 Å². The molecule has 7 nitrogen and oxygen atoms in total. The number of ether oxygens (including phenoxy) is 2. The summed E-state index contributed by atoms with van der Waals surface area (Å²) in [6, 6.07) is 6.96. The standard InChI is InChI=1S/C25H22ClF3N4O3/c1-33-13-30-11-20(33)24(34,16-7-8-31-19(10-16)25(27,28)29)15-5-6-18-17(9-15)21(26)22(23(32-18)35-2)36-12-14-3-4-14/h5-11,13-14,34H,3-4,12H2,1-2H3/t24-/m1/s1. The van der Waals surface area contributed by atoms with E-state index in [1.807, 2.05) is 0 Å². The average Bonchev–Trinajstić information content (AvgIpc) is 3.59. The number of imidazole rings is 1. The van der Waals surface area contributed by atoms with Crippen molar-refractivity contribution in [3.05, 3.63) is 76.6 Å². The second kappa shape index (κ2) is 8.94. The van der Waals surface area contributed by atoms with Gasteiger partial charge in [0, 0.05) is 18.6 Å². The highest BCUT2D eigenvalue weighted by molar-refractivity contribution is 6.37. The highest BCUT2D eigenvalue weighted by Crippen LogP contribution is 2.44. The van der Waals surface area contributed by atoms with E-state index < -0.39 is 17.5 Å². The lowest BCUT2D eigenvalue weighted by atomic mass is 9.83. The number of rotatable bonds is 7. The quantitative estimate of drug-likeness (QED) is 0.366. The number of alkyl halides is 3. The number of fused-ring (bicyclic) bond motifs is 1. The van der Waals surface area contributed by atoms with Crippen LogP contribution in [0.15, 0.2) is 49.1 Å². The monoisotopic (exact) mass is 518 g/mol. The van der Waals surface area contributed by atoms with Crippen LogP contribution < -0.4 is 9.47 Å². The lowest BCUT2D eigenvalue weighted by Crippen LogP contribution is -2.31. The minimum atomic E-state index is -4.69. The van der Waals surface area contributed by atoms with Gasteiger partial charge in [0.1, 0.15) is 5.69 Å². The summed E-state index contributed by atoms with van der Waals surface area (Å²) in [5.74, 6) is 0.965. The van der Waals surface area contributed by atoms with Crippen molar-refractivity contribution >= 4 is 22.5 Å². The average molecular weight is 519 g/mol. The summed E-state index contributed by atoms with van der Waals surface area (Å²) in [5.41, 5.74) is -2.18. The van der Waals surface area contributed by atoms with Gasteiger partial charge in [-0.2, -0.15) is 13.2 Å². The van der Waals surface area contributed by atoms with E-state index in [1.54, 1.807) is 25.2 Å². The Hall–Kier alpha value is -3.37. The van der Waals surface area contributed by atoms with Crippen molar-refractivity contribution in [1.29, 1.82) is 0 Å². The summed E-state index contributed by atoms with van der Waals surface area (Å²) in [5, 5.41) is 12.8. The zero-order chi connectivity index (χ0) is 25.7. The molecule has 3 heterocycles. The number of aliphatic hydroxyl groups is 1. The van der Waals surface area contributed by atoms with Crippen LogP contribution in [0.25, 0.3) is 10.9 Å². The number of hydrogen-bond donors (Lipinski definition) is 1.